The predicted octanol–water partition coefficient (Wildman–Crippen LogP) is 0.865. The van der Waals surface area contributed by atoms with Gasteiger partial charge in [-0.3, -0.25) is 0 Å². The summed E-state index contributed by atoms with van der Waals surface area (Å²) in [6.45, 7) is 3.47. The second-order valence-electron chi connectivity index (χ2n) is 2.18. The van der Waals surface area contributed by atoms with Gasteiger partial charge in [0.15, 0.2) is 0 Å². The Morgan fingerprint density at radius 2 is 2.42 bits per heavy atom. The van der Waals surface area contributed by atoms with Crippen LogP contribution >= 0.6 is 0 Å². The molecule has 1 rings (SSSR count). The van der Waals surface area contributed by atoms with E-state index < -0.39 is 5.97 Å². The third-order valence-electron chi connectivity index (χ3n) is 1.36. The number of rotatable bonds is 2. The summed E-state index contributed by atoms with van der Waals surface area (Å²) >= 11 is 0. The van der Waals surface area contributed by atoms with Crippen molar-refractivity contribution in [1.29, 1.82) is 0 Å². The summed E-state index contributed by atoms with van der Waals surface area (Å²) < 4.78 is 9.17. The summed E-state index contributed by atoms with van der Waals surface area (Å²) in [5, 5.41) is 12.1. The SMILES string of the molecule is CCOC(=O)c1onc(O)c1C. The van der Waals surface area contributed by atoms with Crippen LogP contribution in [0.5, 0.6) is 5.88 Å². The predicted molar refractivity (Wildman–Crippen MR) is 38.9 cm³/mol. The lowest BCUT2D eigenvalue weighted by molar-refractivity contribution is 0.0478. The average Bonchev–Trinajstić information content (AvgIpc) is 2.34. The highest BCUT2D eigenvalue weighted by molar-refractivity contribution is 5.88. The molecule has 12 heavy (non-hydrogen) atoms. The van der Waals surface area contributed by atoms with Gasteiger partial charge in [-0.05, 0) is 19.0 Å². The molecule has 5 heteroatoms. The second kappa shape index (κ2) is 3.25. The monoisotopic (exact) mass is 171 g/mol. The lowest BCUT2D eigenvalue weighted by Crippen LogP contribution is -2.04. The fraction of sp³-hybridized carbons (Fsp3) is 0.429. The zero-order chi connectivity index (χ0) is 9.14. The fourth-order valence-electron chi connectivity index (χ4n) is 0.714. The van der Waals surface area contributed by atoms with Crippen molar-refractivity contribution in [3.63, 3.8) is 0 Å². The Balaban J connectivity index is 2.88. The van der Waals surface area contributed by atoms with E-state index in [1.807, 2.05) is 0 Å². The number of carbonyl (C=O) groups excluding carboxylic acids is 1. The van der Waals surface area contributed by atoms with Crippen LogP contribution in [-0.4, -0.2) is 22.8 Å². The first kappa shape index (κ1) is 8.58. The van der Waals surface area contributed by atoms with E-state index in [0.717, 1.165) is 0 Å². The average molecular weight is 171 g/mol. The van der Waals surface area contributed by atoms with Gasteiger partial charge in [0.2, 0.25) is 0 Å². The maximum absolute atomic E-state index is 11.0. The highest BCUT2D eigenvalue weighted by Gasteiger charge is 2.19. The van der Waals surface area contributed by atoms with Crippen molar-refractivity contribution in [2.45, 2.75) is 13.8 Å². The molecule has 1 aromatic rings. The van der Waals surface area contributed by atoms with Gasteiger partial charge in [0, 0.05) is 0 Å². The number of nitrogens with zero attached hydrogens (tertiary/aromatic N) is 1. The highest BCUT2D eigenvalue weighted by atomic mass is 16.6. The zero-order valence-corrected chi connectivity index (χ0v) is 6.83. The van der Waals surface area contributed by atoms with Crippen LogP contribution in [0, 0.1) is 6.92 Å². The molecule has 0 aliphatic carbocycles. The van der Waals surface area contributed by atoms with Gasteiger partial charge in [0.25, 0.3) is 11.6 Å². The molecular weight excluding hydrogens is 162 g/mol. The van der Waals surface area contributed by atoms with Gasteiger partial charge < -0.3 is 14.4 Å². The van der Waals surface area contributed by atoms with Crippen LogP contribution in [0.25, 0.3) is 0 Å². The van der Waals surface area contributed by atoms with E-state index in [1.165, 1.54) is 6.92 Å². The van der Waals surface area contributed by atoms with Gasteiger partial charge in [-0.25, -0.2) is 4.79 Å². The van der Waals surface area contributed by atoms with Crippen molar-refractivity contribution in [2.75, 3.05) is 6.61 Å². The molecule has 0 amide bonds. The molecule has 0 saturated carbocycles. The standard InChI is InChI=1S/C7H9NO4/c1-3-11-7(10)5-4(2)6(9)8-12-5/h3H2,1-2H3,(H,8,9). The van der Waals surface area contributed by atoms with Gasteiger partial charge in [0.05, 0.1) is 12.2 Å². The largest absolute Gasteiger partial charge is 0.491 e. The van der Waals surface area contributed by atoms with Crippen LogP contribution < -0.4 is 0 Å². The van der Waals surface area contributed by atoms with E-state index in [1.54, 1.807) is 6.92 Å². The number of aromatic nitrogens is 1. The summed E-state index contributed by atoms with van der Waals surface area (Å²) in [5.74, 6) is -0.935. The smallest absolute Gasteiger partial charge is 0.377 e. The van der Waals surface area contributed by atoms with E-state index in [9.17, 15) is 4.79 Å². The molecule has 0 atom stereocenters. The van der Waals surface area contributed by atoms with Gasteiger partial charge in [0.1, 0.15) is 0 Å². The van der Waals surface area contributed by atoms with Crippen molar-refractivity contribution in [3.8, 4) is 5.88 Å². The molecule has 0 fully saturated rings. The Morgan fingerprint density at radius 1 is 1.75 bits per heavy atom. The van der Waals surface area contributed by atoms with E-state index in [2.05, 4.69) is 14.4 Å². The Labute approximate surface area is 68.9 Å². The first-order valence-corrected chi connectivity index (χ1v) is 3.49. The van der Waals surface area contributed by atoms with E-state index in [-0.39, 0.29) is 18.2 Å². The van der Waals surface area contributed by atoms with Gasteiger partial charge in [-0.1, -0.05) is 0 Å². The van der Waals surface area contributed by atoms with Crippen LogP contribution in [0.3, 0.4) is 0 Å². The molecule has 1 heterocycles. The number of ether oxygens (including phenoxy) is 1. The molecule has 1 N–H and O–H groups in total. The third-order valence-corrected chi connectivity index (χ3v) is 1.36. The molecule has 0 unspecified atom stereocenters. The van der Waals surface area contributed by atoms with Crippen molar-refractivity contribution in [3.05, 3.63) is 11.3 Å². The normalized spacial score (nSPS) is 9.83. The molecule has 0 spiro atoms. The Hall–Kier alpha value is -1.52. The summed E-state index contributed by atoms with van der Waals surface area (Å²) in [4.78, 5) is 11.0. The molecule has 0 aliphatic heterocycles. The van der Waals surface area contributed by atoms with Crippen molar-refractivity contribution in [2.24, 2.45) is 0 Å². The maximum atomic E-state index is 11.0. The van der Waals surface area contributed by atoms with Gasteiger partial charge >= 0.3 is 5.97 Å². The topological polar surface area (TPSA) is 72.6 Å². The third kappa shape index (κ3) is 1.39. The van der Waals surface area contributed by atoms with Crippen LogP contribution in [0.2, 0.25) is 0 Å². The molecule has 0 aromatic carbocycles. The van der Waals surface area contributed by atoms with Crippen LogP contribution in [0.15, 0.2) is 4.52 Å². The number of aromatic hydroxyl groups is 1. The fourth-order valence-corrected chi connectivity index (χ4v) is 0.714. The molecule has 0 radical (unpaired) electrons. The van der Waals surface area contributed by atoms with Crippen LogP contribution in [0.1, 0.15) is 23.0 Å². The summed E-state index contributed by atoms with van der Waals surface area (Å²) in [6, 6.07) is 0. The van der Waals surface area contributed by atoms with Crippen molar-refractivity contribution >= 4 is 5.97 Å². The summed E-state index contributed by atoms with van der Waals surface area (Å²) in [6.07, 6.45) is 0. The van der Waals surface area contributed by atoms with Crippen LogP contribution in [0.4, 0.5) is 0 Å². The van der Waals surface area contributed by atoms with Crippen molar-refractivity contribution in [1.82, 2.24) is 5.16 Å². The molecule has 1 aromatic heterocycles. The van der Waals surface area contributed by atoms with E-state index in [0.29, 0.717) is 5.56 Å². The maximum Gasteiger partial charge on any atom is 0.377 e. The molecular formula is C7H9NO4. The number of carbonyl (C=O) groups is 1. The Kier molecular flexibility index (Phi) is 2.32. The second-order valence-corrected chi connectivity index (χ2v) is 2.18. The minimum atomic E-state index is -0.609. The highest BCUT2D eigenvalue weighted by Crippen LogP contribution is 2.18. The minimum Gasteiger partial charge on any atom is -0.491 e. The molecule has 5 nitrogen and oxygen atoms in total. The number of hydrogen-bond donors (Lipinski definition) is 1. The van der Waals surface area contributed by atoms with Crippen molar-refractivity contribution < 1.29 is 19.2 Å². The molecule has 0 bridgehead atoms. The Morgan fingerprint density at radius 3 is 2.83 bits per heavy atom. The Bertz CT molecular complexity index is 292. The number of esters is 1. The van der Waals surface area contributed by atoms with Crippen LogP contribution in [-0.2, 0) is 4.74 Å². The quantitative estimate of drug-likeness (QED) is 0.668. The van der Waals surface area contributed by atoms with E-state index in [4.69, 9.17) is 5.11 Å². The zero-order valence-electron chi connectivity index (χ0n) is 6.83. The summed E-state index contributed by atoms with van der Waals surface area (Å²) in [5.41, 5.74) is 0.299. The van der Waals surface area contributed by atoms with E-state index >= 15 is 0 Å². The summed E-state index contributed by atoms with van der Waals surface area (Å²) in [7, 11) is 0. The molecule has 0 aliphatic rings. The first-order valence-electron chi connectivity index (χ1n) is 3.49. The minimum absolute atomic E-state index is 0.0469. The molecule has 0 saturated heterocycles. The lowest BCUT2D eigenvalue weighted by Gasteiger charge is -1.96. The first-order chi connectivity index (χ1) is 5.66. The molecule has 66 valence electrons. The lowest BCUT2D eigenvalue weighted by atomic mass is 10.3. The van der Waals surface area contributed by atoms with Gasteiger partial charge in [-0.2, -0.15) is 0 Å². The van der Waals surface area contributed by atoms with Gasteiger partial charge in [-0.15, -0.1) is 0 Å². The number of hydrogen-bond acceptors (Lipinski definition) is 5.